The molecule has 4 rings (SSSR count). The molecule has 0 radical (unpaired) electrons. The molecule has 0 spiro atoms. The number of amides is 2. The van der Waals surface area contributed by atoms with Crippen LogP contribution in [0, 0.1) is 5.82 Å². The summed E-state index contributed by atoms with van der Waals surface area (Å²) in [5.41, 5.74) is 0.948. The van der Waals surface area contributed by atoms with E-state index in [1.165, 1.54) is 40.1 Å². The number of carbonyl (C=O) groups is 2. The summed E-state index contributed by atoms with van der Waals surface area (Å²) in [5.74, 6) is -1.16. The molecular formula is C19H15FN4O2S2. The largest absolute Gasteiger partial charge is 0.324 e. The lowest BCUT2D eigenvalue weighted by Gasteiger charge is -2.09. The third kappa shape index (κ3) is 3.76. The van der Waals surface area contributed by atoms with Gasteiger partial charge in [-0.2, -0.15) is 4.99 Å². The van der Waals surface area contributed by atoms with E-state index in [1.807, 2.05) is 24.3 Å². The van der Waals surface area contributed by atoms with E-state index >= 15 is 0 Å². The summed E-state index contributed by atoms with van der Waals surface area (Å²) in [6.07, 6.45) is -0.0684. The fourth-order valence-electron chi connectivity index (χ4n) is 2.72. The van der Waals surface area contributed by atoms with Crippen molar-refractivity contribution in [3.05, 3.63) is 54.3 Å². The molecule has 28 heavy (non-hydrogen) atoms. The van der Waals surface area contributed by atoms with Crippen LogP contribution in [0.3, 0.4) is 0 Å². The van der Waals surface area contributed by atoms with Gasteiger partial charge < -0.3 is 5.32 Å². The van der Waals surface area contributed by atoms with Gasteiger partial charge in [-0.25, -0.2) is 9.37 Å². The van der Waals surface area contributed by atoms with E-state index in [0.29, 0.717) is 10.3 Å². The minimum Gasteiger partial charge on any atom is -0.324 e. The van der Waals surface area contributed by atoms with Crippen LogP contribution in [0.4, 0.5) is 15.2 Å². The Kier molecular flexibility index (Phi) is 5.10. The van der Waals surface area contributed by atoms with Gasteiger partial charge in [-0.3, -0.25) is 14.5 Å². The van der Waals surface area contributed by atoms with Crippen LogP contribution in [-0.4, -0.2) is 39.2 Å². The normalized spacial score (nSPS) is 18.2. The number of hydrogen-bond donors (Lipinski definition) is 1. The second-order valence-electron chi connectivity index (χ2n) is 6.09. The Hall–Kier alpha value is -2.78. The summed E-state index contributed by atoms with van der Waals surface area (Å²) in [4.78, 5) is 35.1. The van der Waals surface area contributed by atoms with Crippen molar-refractivity contribution in [1.82, 2.24) is 9.88 Å². The zero-order valence-corrected chi connectivity index (χ0v) is 16.4. The first-order chi connectivity index (χ1) is 13.5. The highest BCUT2D eigenvalue weighted by atomic mass is 32.2. The van der Waals surface area contributed by atoms with Crippen molar-refractivity contribution in [1.29, 1.82) is 0 Å². The molecule has 1 aliphatic heterocycles. The van der Waals surface area contributed by atoms with E-state index in [-0.39, 0.29) is 18.0 Å². The number of carbonyl (C=O) groups excluding carboxylic acids is 2. The van der Waals surface area contributed by atoms with Crippen molar-refractivity contribution in [2.75, 3.05) is 12.4 Å². The lowest BCUT2D eigenvalue weighted by atomic mass is 10.2. The topological polar surface area (TPSA) is 74.7 Å². The number of aromatic nitrogens is 1. The maximum atomic E-state index is 13.7. The van der Waals surface area contributed by atoms with E-state index in [1.54, 1.807) is 19.2 Å². The first-order valence-electron chi connectivity index (χ1n) is 8.44. The van der Waals surface area contributed by atoms with E-state index < -0.39 is 17.0 Å². The summed E-state index contributed by atoms with van der Waals surface area (Å²) < 4.78 is 14.7. The minimum atomic E-state index is -0.607. The summed E-state index contributed by atoms with van der Waals surface area (Å²) in [5, 5.41) is 2.95. The molecule has 1 saturated heterocycles. The van der Waals surface area contributed by atoms with Crippen molar-refractivity contribution < 1.29 is 14.0 Å². The maximum Gasteiger partial charge on any atom is 0.242 e. The monoisotopic (exact) mass is 414 g/mol. The van der Waals surface area contributed by atoms with Gasteiger partial charge in [-0.05, 0) is 24.3 Å². The lowest BCUT2D eigenvalue weighted by Crippen LogP contribution is -2.30. The average molecular weight is 414 g/mol. The Morgan fingerprint density at radius 2 is 2.00 bits per heavy atom. The number of nitrogens with zero attached hydrogens (tertiary/aromatic N) is 3. The van der Waals surface area contributed by atoms with E-state index in [2.05, 4.69) is 15.3 Å². The molecule has 1 aliphatic rings. The quantitative estimate of drug-likeness (QED) is 0.700. The minimum absolute atomic E-state index is 0.0684. The molecule has 2 amide bonds. The molecule has 142 valence electrons. The molecule has 0 saturated carbocycles. The second kappa shape index (κ2) is 7.69. The lowest BCUT2D eigenvalue weighted by molar-refractivity contribution is -0.127. The van der Waals surface area contributed by atoms with Crippen molar-refractivity contribution in [3.63, 3.8) is 0 Å². The Bertz CT molecular complexity index is 1070. The fourth-order valence-corrected chi connectivity index (χ4v) is 4.75. The van der Waals surface area contributed by atoms with Crippen LogP contribution in [0.15, 0.2) is 53.5 Å². The zero-order chi connectivity index (χ0) is 19.7. The Morgan fingerprint density at radius 3 is 2.79 bits per heavy atom. The van der Waals surface area contributed by atoms with Crippen LogP contribution in [0.25, 0.3) is 10.2 Å². The molecule has 0 unspecified atom stereocenters. The maximum absolute atomic E-state index is 13.7. The number of amidine groups is 1. The predicted octanol–water partition coefficient (Wildman–Crippen LogP) is 4.03. The van der Waals surface area contributed by atoms with Gasteiger partial charge in [0.25, 0.3) is 0 Å². The van der Waals surface area contributed by atoms with Gasteiger partial charge in [0.05, 0.1) is 15.9 Å². The zero-order valence-electron chi connectivity index (χ0n) is 14.8. The highest BCUT2D eigenvalue weighted by molar-refractivity contribution is 8.15. The standard InChI is InChI=1S/C19H15FN4O2S2/c1-24-17(26)15(10-16(25)21-12-7-3-2-6-11(12)20)28-19(24)23-18-22-13-8-4-5-9-14(13)27-18/h2-9,15H,10H2,1H3,(H,21,25)/t15-/m0/s1. The number of anilines is 1. The van der Waals surface area contributed by atoms with Gasteiger partial charge in [0.1, 0.15) is 11.1 Å². The van der Waals surface area contributed by atoms with E-state index in [9.17, 15) is 14.0 Å². The van der Waals surface area contributed by atoms with Crippen molar-refractivity contribution in [2.24, 2.45) is 4.99 Å². The number of para-hydroxylation sites is 2. The number of aliphatic imine (C=N–C) groups is 1. The first-order valence-corrected chi connectivity index (χ1v) is 10.1. The fraction of sp³-hybridized carbons (Fsp3) is 0.158. The molecule has 2 aromatic carbocycles. The number of halogens is 1. The second-order valence-corrected chi connectivity index (χ2v) is 8.27. The number of fused-ring (bicyclic) bond motifs is 1. The molecule has 6 nitrogen and oxygen atoms in total. The Balaban J connectivity index is 1.47. The van der Waals surface area contributed by atoms with Crippen LogP contribution in [0.2, 0.25) is 0 Å². The SMILES string of the molecule is CN1C(=O)[C@H](CC(=O)Nc2ccccc2F)SC1=Nc1nc2ccccc2s1. The van der Waals surface area contributed by atoms with Crippen LogP contribution in [0.5, 0.6) is 0 Å². The average Bonchev–Trinajstić information content (AvgIpc) is 3.20. The molecule has 1 aromatic heterocycles. The van der Waals surface area contributed by atoms with E-state index in [0.717, 1.165) is 10.2 Å². The molecule has 0 aliphatic carbocycles. The molecule has 1 N–H and O–H groups in total. The Morgan fingerprint density at radius 1 is 1.25 bits per heavy atom. The first kappa shape index (κ1) is 18.6. The molecule has 0 bridgehead atoms. The molecular weight excluding hydrogens is 399 g/mol. The third-order valence-corrected chi connectivity index (χ3v) is 6.29. The Labute approximate surface area is 168 Å². The summed E-state index contributed by atoms with van der Waals surface area (Å²) in [7, 11) is 1.62. The number of benzene rings is 2. The van der Waals surface area contributed by atoms with Crippen molar-refractivity contribution in [3.8, 4) is 0 Å². The highest BCUT2D eigenvalue weighted by Crippen LogP contribution is 2.33. The van der Waals surface area contributed by atoms with Crippen LogP contribution in [0.1, 0.15) is 6.42 Å². The smallest absolute Gasteiger partial charge is 0.242 e. The van der Waals surface area contributed by atoms with Crippen LogP contribution in [-0.2, 0) is 9.59 Å². The van der Waals surface area contributed by atoms with Crippen LogP contribution >= 0.6 is 23.1 Å². The number of thioether (sulfide) groups is 1. The molecule has 1 atom stereocenters. The van der Waals surface area contributed by atoms with Gasteiger partial charge in [0.15, 0.2) is 5.17 Å². The van der Waals surface area contributed by atoms with Gasteiger partial charge in [0, 0.05) is 13.5 Å². The number of rotatable bonds is 4. The van der Waals surface area contributed by atoms with Gasteiger partial charge in [-0.1, -0.05) is 47.4 Å². The van der Waals surface area contributed by atoms with Gasteiger partial charge in [-0.15, -0.1) is 0 Å². The summed E-state index contributed by atoms with van der Waals surface area (Å²) in [6, 6.07) is 13.6. The van der Waals surface area contributed by atoms with Crippen molar-refractivity contribution >= 4 is 61.1 Å². The predicted molar refractivity (Wildman–Crippen MR) is 111 cm³/mol. The van der Waals surface area contributed by atoms with Crippen molar-refractivity contribution in [2.45, 2.75) is 11.7 Å². The number of nitrogens with one attached hydrogen (secondary N) is 1. The summed E-state index contributed by atoms with van der Waals surface area (Å²) in [6.45, 7) is 0. The highest BCUT2D eigenvalue weighted by Gasteiger charge is 2.37. The number of thiazole rings is 1. The summed E-state index contributed by atoms with van der Waals surface area (Å²) >= 11 is 2.65. The van der Waals surface area contributed by atoms with Gasteiger partial charge in [0.2, 0.25) is 16.9 Å². The molecule has 2 heterocycles. The van der Waals surface area contributed by atoms with Gasteiger partial charge >= 0.3 is 0 Å². The molecule has 3 aromatic rings. The molecule has 9 heteroatoms. The molecule has 1 fully saturated rings. The third-order valence-electron chi connectivity index (χ3n) is 4.13. The van der Waals surface area contributed by atoms with Crippen LogP contribution < -0.4 is 5.32 Å². The van der Waals surface area contributed by atoms with E-state index in [4.69, 9.17) is 0 Å². The number of hydrogen-bond acceptors (Lipinski definition) is 6.